The molecule has 1 atom stereocenters. The fourth-order valence-electron chi connectivity index (χ4n) is 3.22. The van der Waals surface area contributed by atoms with Crippen molar-refractivity contribution < 1.29 is 9.72 Å². The first kappa shape index (κ1) is 16.6. The molecule has 2 heterocycles. The van der Waals surface area contributed by atoms with E-state index in [1.54, 1.807) is 15.9 Å². The molecule has 1 amide bonds. The topological polar surface area (TPSA) is 90.1 Å². The molecule has 1 unspecified atom stereocenters. The Bertz CT molecular complexity index is 692. The van der Waals surface area contributed by atoms with E-state index < -0.39 is 4.92 Å². The third kappa shape index (κ3) is 4.00. The van der Waals surface area contributed by atoms with Crippen LogP contribution >= 0.6 is 11.3 Å². The van der Waals surface area contributed by atoms with E-state index in [4.69, 9.17) is 0 Å². The van der Waals surface area contributed by atoms with Gasteiger partial charge in [-0.1, -0.05) is 18.9 Å². The number of nitro groups is 1. The van der Waals surface area contributed by atoms with Crippen molar-refractivity contribution in [3.05, 3.63) is 45.0 Å². The molecular weight excluding hydrogens is 328 g/mol. The molecule has 128 valence electrons. The predicted molar refractivity (Wildman–Crippen MR) is 90.7 cm³/mol. The summed E-state index contributed by atoms with van der Waals surface area (Å²) in [5, 5.41) is 15.8. The lowest BCUT2D eigenvalue weighted by molar-refractivity contribution is -0.389. The van der Waals surface area contributed by atoms with E-state index in [0.29, 0.717) is 12.5 Å². The van der Waals surface area contributed by atoms with Crippen LogP contribution in [0.1, 0.15) is 43.0 Å². The number of carbonyl (C=O) groups excluding carboxylic acids is 1. The number of hydrogen-bond donors (Lipinski definition) is 1. The summed E-state index contributed by atoms with van der Waals surface area (Å²) in [6.45, 7) is 0.383. The number of hydrogen-bond acceptors (Lipinski definition) is 5. The molecule has 24 heavy (non-hydrogen) atoms. The van der Waals surface area contributed by atoms with Gasteiger partial charge in [-0.15, -0.1) is 11.3 Å². The third-order valence-corrected chi connectivity index (χ3v) is 5.40. The van der Waals surface area contributed by atoms with Crippen LogP contribution in [0.25, 0.3) is 0 Å². The Morgan fingerprint density at radius 1 is 1.50 bits per heavy atom. The van der Waals surface area contributed by atoms with Crippen LogP contribution < -0.4 is 5.32 Å². The average Bonchev–Trinajstić information content (AvgIpc) is 3.33. The minimum Gasteiger partial charge on any atom is -0.358 e. The predicted octanol–water partition coefficient (Wildman–Crippen LogP) is 3.29. The Hall–Kier alpha value is -2.22. The number of amides is 1. The summed E-state index contributed by atoms with van der Waals surface area (Å²) in [5.41, 5.74) is 0. The summed E-state index contributed by atoms with van der Waals surface area (Å²) in [6, 6.07) is 4.17. The minimum atomic E-state index is -0.538. The summed E-state index contributed by atoms with van der Waals surface area (Å²) in [4.78, 5) is 27.3. The average molecular weight is 348 g/mol. The molecule has 1 saturated carbocycles. The molecule has 0 spiro atoms. The van der Waals surface area contributed by atoms with Crippen molar-refractivity contribution in [1.82, 2.24) is 14.9 Å². The highest BCUT2D eigenvalue weighted by Gasteiger charge is 2.28. The van der Waals surface area contributed by atoms with Crippen molar-refractivity contribution in [3.63, 3.8) is 0 Å². The fourth-order valence-corrected chi connectivity index (χ4v) is 4.09. The van der Waals surface area contributed by atoms with Gasteiger partial charge in [-0.25, -0.2) is 0 Å². The molecule has 1 fully saturated rings. The number of rotatable bonds is 7. The van der Waals surface area contributed by atoms with Crippen molar-refractivity contribution in [2.24, 2.45) is 5.92 Å². The van der Waals surface area contributed by atoms with E-state index in [9.17, 15) is 14.9 Å². The molecule has 1 aliphatic rings. The highest BCUT2D eigenvalue weighted by Crippen LogP contribution is 2.37. The van der Waals surface area contributed by atoms with Gasteiger partial charge in [-0.2, -0.15) is 0 Å². The number of nitrogens with one attached hydrogen (secondary N) is 1. The maximum Gasteiger partial charge on any atom is 0.381 e. The zero-order valence-electron chi connectivity index (χ0n) is 13.3. The molecular formula is C16H20N4O3S. The van der Waals surface area contributed by atoms with Crippen LogP contribution in [0, 0.1) is 16.0 Å². The van der Waals surface area contributed by atoms with Crippen molar-refractivity contribution in [2.75, 3.05) is 0 Å². The summed E-state index contributed by atoms with van der Waals surface area (Å²) < 4.78 is 1.58. The Kier molecular flexibility index (Phi) is 5.24. The maximum atomic E-state index is 12.3. The lowest BCUT2D eigenvalue weighted by atomic mass is 9.96. The van der Waals surface area contributed by atoms with E-state index in [1.165, 1.54) is 30.2 Å². The van der Waals surface area contributed by atoms with Gasteiger partial charge in [0.1, 0.15) is 6.20 Å². The van der Waals surface area contributed by atoms with Gasteiger partial charge in [0.15, 0.2) is 0 Å². The molecule has 7 nitrogen and oxygen atoms in total. The molecule has 0 bridgehead atoms. The Labute approximate surface area is 143 Å². The number of aryl methyl sites for hydroxylation is 1. The van der Waals surface area contributed by atoms with E-state index in [2.05, 4.69) is 16.4 Å². The van der Waals surface area contributed by atoms with Crippen LogP contribution in [0.2, 0.25) is 0 Å². The van der Waals surface area contributed by atoms with Gasteiger partial charge >= 0.3 is 5.82 Å². The zero-order valence-corrected chi connectivity index (χ0v) is 14.1. The van der Waals surface area contributed by atoms with Gasteiger partial charge in [-0.3, -0.25) is 4.79 Å². The Morgan fingerprint density at radius 3 is 2.92 bits per heavy atom. The monoisotopic (exact) mass is 348 g/mol. The molecule has 2 aromatic rings. The largest absolute Gasteiger partial charge is 0.381 e. The van der Waals surface area contributed by atoms with E-state index >= 15 is 0 Å². The van der Waals surface area contributed by atoms with Gasteiger partial charge in [0.25, 0.3) is 0 Å². The summed E-state index contributed by atoms with van der Waals surface area (Å²) >= 11 is 1.68. The quantitative estimate of drug-likeness (QED) is 0.614. The molecule has 2 aromatic heterocycles. The van der Waals surface area contributed by atoms with E-state index in [1.807, 2.05) is 11.4 Å². The number of nitrogens with zero attached hydrogens (tertiary/aromatic N) is 3. The molecule has 0 aromatic carbocycles. The van der Waals surface area contributed by atoms with E-state index in [-0.39, 0.29) is 24.2 Å². The van der Waals surface area contributed by atoms with E-state index in [0.717, 1.165) is 12.8 Å². The molecule has 0 aliphatic heterocycles. The van der Waals surface area contributed by atoms with Crippen LogP contribution in [0.15, 0.2) is 30.0 Å². The second kappa shape index (κ2) is 7.57. The van der Waals surface area contributed by atoms with Gasteiger partial charge in [0, 0.05) is 17.8 Å². The summed E-state index contributed by atoms with van der Waals surface area (Å²) in [6.07, 6.45) is 7.76. The van der Waals surface area contributed by atoms with Gasteiger partial charge in [0.05, 0.1) is 6.04 Å². The van der Waals surface area contributed by atoms with Crippen LogP contribution in [-0.4, -0.2) is 20.4 Å². The number of thiophene rings is 1. The Balaban J connectivity index is 1.57. The minimum absolute atomic E-state index is 0.0309. The lowest BCUT2D eigenvalue weighted by Gasteiger charge is -2.23. The molecule has 0 saturated heterocycles. The molecule has 1 N–H and O–H groups in total. The highest BCUT2D eigenvalue weighted by atomic mass is 32.1. The summed E-state index contributed by atoms with van der Waals surface area (Å²) in [5.74, 6) is 0.274. The smallest absolute Gasteiger partial charge is 0.358 e. The number of imidazole rings is 1. The lowest BCUT2D eigenvalue weighted by Crippen LogP contribution is -2.32. The van der Waals surface area contributed by atoms with Crippen molar-refractivity contribution in [1.29, 1.82) is 0 Å². The number of carbonyl (C=O) groups is 1. The number of aromatic nitrogens is 2. The Morgan fingerprint density at radius 2 is 2.29 bits per heavy atom. The first-order chi connectivity index (χ1) is 11.6. The second-order valence-electron chi connectivity index (χ2n) is 6.08. The SMILES string of the molecule is O=C(CCn1cnc([N+](=O)[O-])c1)NC(c1cccs1)C1CCCC1. The van der Waals surface area contributed by atoms with Crippen LogP contribution in [0.5, 0.6) is 0 Å². The normalized spacial score (nSPS) is 16.2. The molecule has 3 rings (SSSR count). The van der Waals surface area contributed by atoms with Gasteiger partial charge in [0.2, 0.25) is 12.2 Å². The highest BCUT2D eigenvalue weighted by molar-refractivity contribution is 7.10. The maximum absolute atomic E-state index is 12.3. The first-order valence-corrected chi connectivity index (χ1v) is 9.00. The van der Waals surface area contributed by atoms with Gasteiger partial charge in [-0.05, 0) is 40.1 Å². The van der Waals surface area contributed by atoms with Crippen molar-refractivity contribution >= 4 is 23.1 Å². The molecule has 8 heteroatoms. The summed E-state index contributed by atoms with van der Waals surface area (Å²) in [7, 11) is 0. The van der Waals surface area contributed by atoms with Crippen molar-refractivity contribution in [3.8, 4) is 0 Å². The second-order valence-corrected chi connectivity index (χ2v) is 7.06. The first-order valence-electron chi connectivity index (χ1n) is 8.12. The fraction of sp³-hybridized carbons (Fsp3) is 0.500. The third-order valence-electron chi connectivity index (χ3n) is 4.44. The zero-order chi connectivity index (χ0) is 16.9. The molecule has 1 aliphatic carbocycles. The van der Waals surface area contributed by atoms with Gasteiger partial charge < -0.3 is 20.0 Å². The van der Waals surface area contributed by atoms with Crippen molar-refractivity contribution in [2.45, 2.75) is 44.7 Å². The van der Waals surface area contributed by atoms with Crippen LogP contribution in [0.3, 0.4) is 0 Å². The van der Waals surface area contributed by atoms with Crippen LogP contribution in [-0.2, 0) is 11.3 Å². The standard InChI is InChI=1S/C16H20N4O3S/c21-15(7-8-19-10-14(17-11-19)20(22)23)18-16(12-4-1-2-5-12)13-6-3-9-24-13/h3,6,9-12,16H,1-2,4-5,7-8H2,(H,18,21). The van der Waals surface area contributed by atoms with Crippen LogP contribution in [0.4, 0.5) is 5.82 Å². The molecule has 0 radical (unpaired) electrons.